The summed E-state index contributed by atoms with van der Waals surface area (Å²) in [5.74, 6) is 0.342. The third-order valence-electron chi connectivity index (χ3n) is 5.38. The first-order chi connectivity index (χ1) is 12.6. The quantitative estimate of drug-likeness (QED) is 0.792. The second-order valence-corrected chi connectivity index (χ2v) is 7.75. The summed E-state index contributed by atoms with van der Waals surface area (Å²) < 4.78 is 0. The summed E-state index contributed by atoms with van der Waals surface area (Å²) in [6.45, 7) is 6.86. The maximum Gasteiger partial charge on any atom is 0.323 e. The van der Waals surface area contributed by atoms with Gasteiger partial charge in [-0.2, -0.15) is 0 Å². The van der Waals surface area contributed by atoms with Gasteiger partial charge in [0.05, 0.1) is 0 Å². The molecule has 3 rings (SSSR count). The van der Waals surface area contributed by atoms with E-state index in [1.54, 1.807) is 11.9 Å². The molecule has 1 atom stereocenters. The first kappa shape index (κ1) is 19.0. The van der Waals surface area contributed by atoms with Gasteiger partial charge < -0.3 is 14.9 Å². The smallest absolute Gasteiger partial charge is 0.323 e. The lowest BCUT2D eigenvalue weighted by molar-refractivity contribution is -0.135. The number of anilines is 1. The number of aliphatic carboxylic acids is 1. The van der Waals surface area contributed by atoms with Crippen molar-refractivity contribution >= 4 is 11.9 Å². The van der Waals surface area contributed by atoms with Crippen LogP contribution in [0.1, 0.15) is 37.7 Å². The molecule has 26 heavy (non-hydrogen) atoms. The van der Waals surface area contributed by atoms with E-state index in [0.29, 0.717) is 5.95 Å². The monoisotopic (exact) mass is 361 g/mol. The Hall–Kier alpha value is -1.73. The van der Waals surface area contributed by atoms with Gasteiger partial charge in [0.15, 0.2) is 0 Å². The second kappa shape index (κ2) is 9.28. The summed E-state index contributed by atoms with van der Waals surface area (Å²) >= 11 is 0. The van der Waals surface area contributed by atoms with Crippen molar-refractivity contribution < 1.29 is 9.90 Å². The molecule has 1 N–H and O–H groups in total. The zero-order chi connectivity index (χ0) is 18.4. The predicted molar refractivity (Wildman–Crippen MR) is 101 cm³/mol. The van der Waals surface area contributed by atoms with Crippen LogP contribution in [0.5, 0.6) is 0 Å². The van der Waals surface area contributed by atoms with Gasteiger partial charge in [0.1, 0.15) is 6.54 Å². The topological polar surface area (TPSA) is 72.8 Å². The van der Waals surface area contributed by atoms with Crippen molar-refractivity contribution in [1.29, 1.82) is 0 Å². The Bertz CT molecular complexity index is 574. The van der Waals surface area contributed by atoms with E-state index >= 15 is 0 Å². The molecule has 1 unspecified atom stereocenters. The number of rotatable bonds is 7. The molecule has 2 aliphatic rings. The lowest BCUT2D eigenvalue weighted by Gasteiger charge is -2.36. The van der Waals surface area contributed by atoms with Crippen LogP contribution in [0.4, 0.5) is 5.95 Å². The van der Waals surface area contributed by atoms with Crippen LogP contribution in [0.15, 0.2) is 12.4 Å². The van der Waals surface area contributed by atoms with Gasteiger partial charge in [-0.3, -0.25) is 9.69 Å². The molecule has 0 aromatic carbocycles. The van der Waals surface area contributed by atoms with Crippen LogP contribution in [0.25, 0.3) is 0 Å². The van der Waals surface area contributed by atoms with Gasteiger partial charge in [-0.05, 0) is 51.2 Å². The molecule has 0 amide bonds. The zero-order valence-corrected chi connectivity index (χ0v) is 15.8. The van der Waals surface area contributed by atoms with E-state index in [9.17, 15) is 4.79 Å². The lowest BCUT2D eigenvalue weighted by atomic mass is 9.96. The van der Waals surface area contributed by atoms with Crippen molar-refractivity contribution in [2.45, 2.75) is 38.6 Å². The molecule has 1 aromatic rings. The molecular weight excluding hydrogens is 330 g/mol. The molecule has 7 nitrogen and oxygen atoms in total. The fourth-order valence-electron chi connectivity index (χ4n) is 4.11. The van der Waals surface area contributed by atoms with Crippen LogP contribution in [-0.4, -0.2) is 77.2 Å². The molecule has 2 fully saturated rings. The molecule has 2 aliphatic heterocycles. The fourth-order valence-corrected chi connectivity index (χ4v) is 4.11. The first-order valence-corrected chi connectivity index (χ1v) is 9.78. The summed E-state index contributed by atoms with van der Waals surface area (Å²) in [5, 5.41) is 8.85. The van der Waals surface area contributed by atoms with Crippen LogP contribution >= 0.6 is 0 Å². The summed E-state index contributed by atoms with van der Waals surface area (Å²) in [6.07, 6.45) is 10.4. The van der Waals surface area contributed by atoms with E-state index in [2.05, 4.69) is 19.8 Å². The number of carbonyl (C=O) groups is 1. The predicted octanol–water partition coefficient (Wildman–Crippen LogP) is 1.70. The molecule has 2 saturated heterocycles. The van der Waals surface area contributed by atoms with Crippen LogP contribution in [0, 0.1) is 5.92 Å². The molecular formula is C19H31N5O2. The van der Waals surface area contributed by atoms with Crippen LogP contribution in [0.3, 0.4) is 0 Å². The molecule has 0 bridgehead atoms. The molecule has 0 radical (unpaired) electrons. The minimum atomic E-state index is -0.881. The van der Waals surface area contributed by atoms with E-state index in [4.69, 9.17) is 5.11 Å². The summed E-state index contributed by atoms with van der Waals surface area (Å²) in [7, 11) is 1.69. The number of likely N-dealkylation sites (N-methyl/N-ethyl adjacent to an activating group) is 1. The van der Waals surface area contributed by atoms with Gasteiger partial charge >= 0.3 is 5.97 Å². The average Bonchev–Trinajstić information content (AvgIpc) is 2.63. The molecule has 0 saturated carbocycles. The fraction of sp³-hybridized carbons (Fsp3) is 0.737. The molecule has 7 heteroatoms. The van der Waals surface area contributed by atoms with Gasteiger partial charge in [0.2, 0.25) is 5.95 Å². The van der Waals surface area contributed by atoms with Crippen molar-refractivity contribution in [3.05, 3.63) is 18.0 Å². The van der Waals surface area contributed by atoms with E-state index in [1.165, 1.54) is 51.7 Å². The molecule has 0 spiro atoms. The number of piperidine rings is 2. The number of nitrogens with zero attached hydrogens (tertiary/aromatic N) is 5. The lowest BCUT2D eigenvalue weighted by Crippen LogP contribution is -2.42. The van der Waals surface area contributed by atoms with Crippen molar-refractivity contribution in [2.75, 3.05) is 51.2 Å². The van der Waals surface area contributed by atoms with Crippen molar-refractivity contribution in [2.24, 2.45) is 5.92 Å². The standard InChI is InChI=1S/C19H31N5O2/c1-22(15-18(25)26)19-20-10-17(11-21-19)14-24-9-5-6-16(13-24)12-23-7-3-2-4-8-23/h10-11,16H,2-9,12-15H2,1H3,(H,25,26). The maximum absolute atomic E-state index is 10.8. The van der Waals surface area contributed by atoms with E-state index < -0.39 is 5.97 Å². The average molecular weight is 361 g/mol. The summed E-state index contributed by atoms with van der Waals surface area (Å²) in [5.41, 5.74) is 1.09. The zero-order valence-electron chi connectivity index (χ0n) is 15.8. The Morgan fingerprint density at radius 2 is 1.85 bits per heavy atom. The molecule has 0 aliphatic carbocycles. The first-order valence-electron chi connectivity index (χ1n) is 9.78. The van der Waals surface area contributed by atoms with Gasteiger partial charge in [0.25, 0.3) is 0 Å². The van der Waals surface area contributed by atoms with Gasteiger partial charge in [-0.1, -0.05) is 6.42 Å². The van der Waals surface area contributed by atoms with Crippen molar-refractivity contribution in [3.8, 4) is 0 Å². The highest BCUT2D eigenvalue weighted by Crippen LogP contribution is 2.21. The third kappa shape index (κ3) is 5.64. The molecule has 3 heterocycles. The van der Waals surface area contributed by atoms with E-state index in [1.807, 2.05) is 12.4 Å². The normalized spacial score (nSPS) is 22.3. The summed E-state index contributed by atoms with van der Waals surface area (Å²) in [6, 6.07) is 0. The molecule has 144 valence electrons. The highest BCUT2D eigenvalue weighted by molar-refractivity contribution is 5.72. The van der Waals surface area contributed by atoms with Gasteiger partial charge in [0, 0.05) is 44.6 Å². The Balaban J connectivity index is 1.49. The second-order valence-electron chi connectivity index (χ2n) is 7.75. The van der Waals surface area contributed by atoms with E-state index in [0.717, 1.165) is 31.1 Å². The van der Waals surface area contributed by atoms with E-state index in [-0.39, 0.29) is 6.54 Å². The summed E-state index contributed by atoms with van der Waals surface area (Å²) in [4.78, 5) is 26.1. The third-order valence-corrected chi connectivity index (χ3v) is 5.38. The number of hydrogen-bond acceptors (Lipinski definition) is 6. The Morgan fingerprint density at radius 1 is 1.15 bits per heavy atom. The number of carboxylic acids is 1. The van der Waals surface area contributed by atoms with Crippen molar-refractivity contribution in [1.82, 2.24) is 19.8 Å². The Kier molecular flexibility index (Phi) is 6.80. The maximum atomic E-state index is 10.8. The Morgan fingerprint density at radius 3 is 2.54 bits per heavy atom. The largest absolute Gasteiger partial charge is 0.480 e. The number of likely N-dealkylation sites (tertiary alicyclic amines) is 2. The number of aromatic nitrogens is 2. The number of carboxylic acid groups (broad SMARTS) is 1. The van der Waals surface area contributed by atoms with Gasteiger partial charge in [-0.25, -0.2) is 9.97 Å². The van der Waals surface area contributed by atoms with Crippen molar-refractivity contribution in [3.63, 3.8) is 0 Å². The molecule has 1 aromatic heterocycles. The Labute approximate surface area is 156 Å². The number of hydrogen-bond donors (Lipinski definition) is 1. The minimum absolute atomic E-state index is 0.0936. The van der Waals surface area contributed by atoms with Gasteiger partial charge in [-0.15, -0.1) is 0 Å². The van der Waals surface area contributed by atoms with Crippen LogP contribution < -0.4 is 4.90 Å². The SMILES string of the molecule is CN(CC(=O)O)c1ncc(CN2CCCC(CN3CCCCC3)C2)cn1. The highest BCUT2D eigenvalue weighted by Gasteiger charge is 2.23. The highest BCUT2D eigenvalue weighted by atomic mass is 16.4. The van der Waals surface area contributed by atoms with Crippen LogP contribution in [0.2, 0.25) is 0 Å². The van der Waals surface area contributed by atoms with Crippen LogP contribution in [-0.2, 0) is 11.3 Å². The minimum Gasteiger partial charge on any atom is -0.480 e.